The van der Waals surface area contributed by atoms with Crippen molar-refractivity contribution in [2.75, 3.05) is 26.3 Å². The molecule has 0 spiro atoms. The molecule has 140 valence electrons. The molecule has 0 aliphatic carbocycles. The van der Waals surface area contributed by atoms with Gasteiger partial charge in [-0.1, -0.05) is 23.5 Å². The number of nitrogens with zero attached hydrogens (tertiary/aromatic N) is 4. The molecule has 1 saturated heterocycles. The Labute approximate surface area is 162 Å². The van der Waals surface area contributed by atoms with Crippen LogP contribution in [0.25, 0.3) is 21.3 Å². The van der Waals surface area contributed by atoms with Gasteiger partial charge in [-0.15, -0.1) is 10.2 Å². The summed E-state index contributed by atoms with van der Waals surface area (Å²) in [5.74, 6) is 0.194. The number of aryl methyl sites for hydroxylation is 1. The van der Waals surface area contributed by atoms with Crippen LogP contribution in [0.3, 0.4) is 0 Å². The predicted molar refractivity (Wildman–Crippen MR) is 106 cm³/mol. The van der Waals surface area contributed by atoms with Crippen LogP contribution in [-0.4, -0.2) is 58.2 Å². The maximum atomic E-state index is 12.7. The highest BCUT2D eigenvalue weighted by Gasteiger charge is 2.23. The smallest absolute Gasteiger partial charge is 0.155 e. The Morgan fingerprint density at radius 1 is 1.22 bits per heavy atom. The molecule has 3 heterocycles. The number of carbonyl (C=O) groups excluding carboxylic acids is 1. The highest BCUT2D eigenvalue weighted by atomic mass is 32.1. The van der Waals surface area contributed by atoms with Crippen LogP contribution in [-0.2, 0) is 16.0 Å². The third-order valence-corrected chi connectivity index (χ3v) is 5.85. The van der Waals surface area contributed by atoms with Crippen molar-refractivity contribution in [3.63, 3.8) is 0 Å². The summed E-state index contributed by atoms with van der Waals surface area (Å²) >= 11 is 1.58. The number of benzene rings is 1. The molecule has 3 aromatic rings. The molecule has 27 heavy (non-hydrogen) atoms. The van der Waals surface area contributed by atoms with Crippen molar-refractivity contribution in [3.8, 4) is 10.6 Å². The third-order valence-electron chi connectivity index (χ3n) is 4.97. The van der Waals surface area contributed by atoms with Gasteiger partial charge in [0.15, 0.2) is 5.78 Å². The maximum absolute atomic E-state index is 12.7. The van der Waals surface area contributed by atoms with Crippen molar-refractivity contribution in [3.05, 3.63) is 41.2 Å². The molecule has 0 radical (unpaired) electrons. The van der Waals surface area contributed by atoms with Gasteiger partial charge in [-0.2, -0.15) is 0 Å². The van der Waals surface area contributed by atoms with Crippen LogP contribution < -0.4 is 0 Å². The summed E-state index contributed by atoms with van der Waals surface area (Å²) in [7, 11) is 0. The average molecular weight is 382 g/mol. The number of ether oxygens (including phenoxy) is 1. The van der Waals surface area contributed by atoms with Crippen LogP contribution in [0.15, 0.2) is 30.5 Å². The highest BCUT2D eigenvalue weighted by Crippen LogP contribution is 2.27. The lowest BCUT2D eigenvalue weighted by Gasteiger charge is -2.31. The van der Waals surface area contributed by atoms with Gasteiger partial charge in [-0.25, -0.2) is 0 Å². The molecule has 2 aromatic heterocycles. The minimum atomic E-state index is -0.109. The SMILES string of the molecule is Cc1nnc(-c2ccc3cnc(CC(=O)[C@H](C)N4CCOCC4)cc3c2)s1. The second-order valence-corrected chi connectivity index (χ2v) is 8.01. The van der Waals surface area contributed by atoms with E-state index in [1.54, 1.807) is 11.3 Å². The van der Waals surface area contributed by atoms with E-state index in [1.807, 2.05) is 38.2 Å². The average Bonchev–Trinajstić information content (AvgIpc) is 3.14. The Bertz CT molecular complexity index is 966. The van der Waals surface area contributed by atoms with Gasteiger partial charge in [0.2, 0.25) is 0 Å². The normalized spacial score (nSPS) is 16.5. The summed E-state index contributed by atoms with van der Waals surface area (Å²) in [6, 6.07) is 8.07. The first-order valence-corrected chi connectivity index (χ1v) is 9.95. The van der Waals surface area contributed by atoms with Crippen molar-refractivity contribution in [2.24, 2.45) is 0 Å². The number of hydrogen-bond acceptors (Lipinski definition) is 7. The van der Waals surface area contributed by atoms with Crippen molar-refractivity contribution < 1.29 is 9.53 Å². The Morgan fingerprint density at radius 3 is 2.78 bits per heavy atom. The van der Waals surface area contributed by atoms with E-state index in [9.17, 15) is 4.79 Å². The lowest BCUT2D eigenvalue weighted by molar-refractivity contribution is -0.124. The van der Waals surface area contributed by atoms with Crippen LogP contribution in [0, 0.1) is 6.92 Å². The Kier molecular flexibility index (Phi) is 5.24. The number of hydrogen-bond donors (Lipinski definition) is 0. The molecule has 1 atom stereocenters. The number of pyridine rings is 1. The van der Waals surface area contributed by atoms with Gasteiger partial charge in [0.25, 0.3) is 0 Å². The van der Waals surface area contributed by atoms with Crippen LogP contribution >= 0.6 is 11.3 Å². The Morgan fingerprint density at radius 2 is 2.04 bits per heavy atom. The molecule has 1 aliphatic heterocycles. The van der Waals surface area contributed by atoms with Crippen molar-refractivity contribution in [2.45, 2.75) is 26.3 Å². The molecule has 1 fully saturated rings. The molecule has 6 nitrogen and oxygen atoms in total. The largest absolute Gasteiger partial charge is 0.379 e. The molecule has 1 aromatic carbocycles. The zero-order valence-corrected chi connectivity index (χ0v) is 16.3. The van der Waals surface area contributed by atoms with E-state index >= 15 is 0 Å². The van der Waals surface area contributed by atoms with E-state index in [0.717, 1.165) is 45.1 Å². The summed E-state index contributed by atoms with van der Waals surface area (Å²) < 4.78 is 5.37. The van der Waals surface area contributed by atoms with E-state index in [4.69, 9.17) is 4.74 Å². The van der Waals surface area contributed by atoms with Crippen LogP contribution in [0.2, 0.25) is 0 Å². The number of rotatable bonds is 5. The first kappa shape index (κ1) is 18.2. The topological polar surface area (TPSA) is 68.2 Å². The molecule has 7 heteroatoms. The molecule has 0 amide bonds. The second-order valence-electron chi connectivity index (χ2n) is 6.83. The first-order chi connectivity index (χ1) is 13.1. The number of morpholine rings is 1. The van der Waals surface area contributed by atoms with Crippen molar-refractivity contribution >= 4 is 27.9 Å². The lowest BCUT2D eigenvalue weighted by atomic mass is 10.0. The Hall–Kier alpha value is -2.22. The van der Waals surface area contributed by atoms with Gasteiger partial charge >= 0.3 is 0 Å². The fraction of sp³-hybridized carbons (Fsp3) is 0.400. The quantitative estimate of drug-likeness (QED) is 0.676. The summed E-state index contributed by atoms with van der Waals surface area (Å²) in [6.07, 6.45) is 2.18. The van der Waals surface area contributed by atoms with E-state index < -0.39 is 0 Å². The van der Waals surface area contributed by atoms with Crippen LogP contribution in [0.5, 0.6) is 0 Å². The number of fused-ring (bicyclic) bond motifs is 1. The summed E-state index contributed by atoms with van der Waals surface area (Å²) in [6.45, 7) is 6.93. The molecule has 4 rings (SSSR count). The number of carbonyl (C=O) groups is 1. The monoisotopic (exact) mass is 382 g/mol. The fourth-order valence-corrected chi connectivity index (χ4v) is 4.01. The second kappa shape index (κ2) is 7.80. The van der Waals surface area contributed by atoms with Crippen molar-refractivity contribution in [1.29, 1.82) is 0 Å². The fourth-order valence-electron chi connectivity index (χ4n) is 3.32. The van der Waals surface area contributed by atoms with Gasteiger partial charge in [0.1, 0.15) is 10.0 Å². The van der Waals surface area contributed by atoms with Gasteiger partial charge in [-0.3, -0.25) is 14.7 Å². The highest BCUT2D eigenvalue weighted by molar-refractivity contribution is 7.14. The van der Waals surface area contributed by atoms with Crippen LogP contribution in [0.4, 0.5) is 0 Å². The molecule has 0 unspecified atom stereocenters. The molecule has 0 N–H and O–H groups in total. The van der Waals surface area contributed by atoms with E-state index in [1.165, 1.54) is 0 Å². The number of aromatic nitrogens is 3. The van der Waals surface area contributed by atoms with Crippen molar-refractivity contribution in [1.82, 2.24) is 20.1 Å². The van der Waals surface area contributed by atoms with Gasteiger partial charge < -0.3 is 4.74 Å². The first-order valence-electron chi connectivity index (χ1n) is 9.14. The lowest BCUT2D eigenvalue weighted by Crippen LogP contribution is -2.46. The van der Waals surface area contributed by atoms with Crippen LogP contribution in [0.1, 0.15) is 17.6 Å². The zero-order chi connectivity index (χ0) is 18.8. The Balaban J connectivity index is 1.54. The summed E-state index contributed by atoms with van der Waals surface area (Å²) in [4.78, 5) is 19.4. The van der Waals surface area contributed by atoms with Gasteiger partial charge in [0, 0.05) is 35.9 Å². The molecule has 0 bridgehead atoms. The van der Waals surface area contributed by atoms with E-state index in [-0.39, 0.29) is 11.8 Å². The minimum absolute atomic E-state index is 0.109. The summed E-state index contributed by atoms with van der Waals surface area (Å²) in [5, 5.41) is 12.3. The zero-order valence-electron chi connectivity index (χ0n) is 15.5. The molecular weight excluding hydrogens is 360 g/mol. The number of Topliss-reactive ketones (excluding diaryl/α,β-unsaturated/α-hetero) is 1. The predicted octanol–water partition coefficient (Wildman–Crippen LogP) is 2.89. The molecule has 1 aliphatic rings. The minimum Gasteiger partial charge on any atom is -0.379 e. The molecular formula is C20H22N4O2S. The van der Waals surface area contributed by atoms with E-state index in [0.29, 0.717) is 19.6 Å². The molecule has 0 saturated carbocycles. The number of ketones is 1. The van der Waals surface area contributed by atoms with E-state index in [2.05, 4.69) is 26.1 Å². The standard InChI is InChI=1S/C20H22N4O2S/c1-13(24-5-7-26-8-6-24)19(25)11-18-10-17-9-15(3-4-16(17)12-21-18)20-23-22-14(2)27-20/h3-4,9-10,12-13H,5-8,11H2,1-2H3/t13-/m0/s1. The van der Waals surface area contributed by atoms with Gasteiger partial charge in [-0.05, 0) is 31.4 Å². The third kappa shape index (κ3) is 4.05. The summed E-state index contributed by atoms with van der Waals surface area (Å²) in [5.41, 5.74) is 1.84. The van der Waals surface area contributed by atoms with Gasteiger partial charge in [0.05, 0.1) is 25.7 Å². The maximum Gasteiger partial charge on any atom is 0.155 e.